The topological polar surface area (TPSA) is 47.6 Å². The van der Waals surface area contributed by atoms with Gasteiger partial charge in [0.25, 0.3) is 0 Å². The predicted molar refractivity (Wildman–Crippen MR) is 99.2 cm³/mol. The number of halogens is 2. The summed E-state index contributed by atoms with van der Waals surface area (Å²) in [5.74, 6) is 2.25. The Hall–Kier alpha value is -0.940. The van der Waals surface area contributed by atoms with Gasteiger partial charge in [-0.1, -0.05) is 36.2 Å². The molecule has 4 nitrogen and oxygen atoms in total. The van der Waals surface area contributed by atoms with Crippen molar-refractivity contribution in [2.45, 2.75) is 37.9 Å². The van der Waals surface area contributed by atoms with E-state index in [2.05, 4.69) is 35.1 Å². The molecule has 1 amide bonds. The number of rotatable bonds is 10. The second kappa shape index (κ2) is 10.8. The lowest BCUT2D eigenvalue weighted by atomic mass is 10.2. The molecule has 6 heteroatoms. The van der Waals surface area contributed by atoms with E-state index in [1.165, 1.54) is 0 Å². The average Bonchev–Trinajstić information content (AvgIpc) is 2.53. The third kappa shape index (κ3) is 7.44. The van der Waals surface area contributed by atoms with Crippen LogP contribution in [0.25, 0.3) is 0 Å². The van der Waals surface area contributed by atoms with Gasteiger partial charge in [0.05, 0.1) is 18.5 Å². The molecule has 0 bridgehead atoms. The molecule has 1 rings (SSSR count). The van der Waals surface area contributed by atoms with E-state index in [4.69, 9.17) is 21.1 Å². The summed E-state index contributed by atoms with van der Waals surface area (Å²) in [5.41, 5.74) is 0.691. The van der Waals surface area contributed by atoms with Crippen molar-refractivity contribution in [3.8, 4) is 11.5 Å². The van der Waals surface area contributed by atoms with Crippen LogP contribution < -0.4 is 14.8 Å². The SMILES string of the molecule is COc1ccc(NC(=O)C(Br)CCCCCl)cc1OCC(C)C. The zero-order chi connectivity index (χ0) is 17.2. The van der Waals surface area contributed by atoms with E-state index in [1.807, 2.05) is 0 Å². The highest BCUT2D eigenvalue weighted by Crippen LogP contribution is 2.31. The Morgan fingerprint density at radius 3 is 2.65 bits per heavy atom. The van der Waals surface area contributed by atoms with Crippen LogP contribution in [0.2, 0.25) is 0 Å². The molecule has 1 aromatic carbocycles. The van der Waals surface area contributed by atoms with Crippen molar-refractivity contribution in [3.63, 3.8) is 0 Å². The van der Waals surface area contributed by atoms with E-state index >= 15 is 0 Å². The maximum Gasteiger partial charge on any atom is 0.238 e. The number of nitrogens with one attached hydrogen (secondary N) is 1. The number of unbranched alkanes of at least 4 members (excludes halogenated alkanes) is 1. The van der Waals surface area contributed by atoms with Gasteiger partial charge in [0.15, 0.2) is 11.5 Å². The van der Waals surface area contributed by atoms with Gasteiger partial charge in [-0.25, -0.2) is 0 Å². The number of carbonyl (C=O) groups is 1. The van der Waals surface area contributed by atoms with Crippen LogP contribution in [0.15, 0.2) is 18.2 Å². The van der Waals surface area contributed by atoms with E-state index in [0.29, 0.717) is 35.6 Å². The number of amides is 1. The fraction of sp³-hybridized carbons (Fsp3) is 0.588. The highest BCUT2D eigenvalue weighted by Gasteiger charge is 2.15. The second-order valence-corrected chi connectivity index (χ2v) is 7.20. The van der Waals surface area contributed by atoms with Crippen LogP contribution in [-0.2, 0) is 4.79 Å². The highest BCUT2D eigenvalue weighted by molar-refractivity contribution is 9.10. The molecule has 1 atom stereocenters. The summed E-state index contributed by atoms with van der Waals surface area (Å²) in [6, 6.07) is 5.39. The summed E-state index contributed by atoms with van der Waals surface area (Å²) in [4.78, 5) is 11.9. The fourth-order valence-electron chi connectivity index (χ4n) is 1.89. The third-order valence-corrected chi connectivity index (χ3v) is 4.27. The molecule has 0 aliphatic heterocycles. The van der Waals surface area contributed by atoms with E-state index in [9.17, 15) is 4.79 Å². The summed E-state index contributed by atoms with van der Waals surface area (Å²) in [5, 5.41) is 2.89. The number of ether oxygens (including phenoxy) is 2. The van der Waals surface area contributed by atoms with Gasteiger partial charge in [-0.2, -0.15) is 0 Å². The fourth-order valence-corrected chi connectivity index (χ4v) is 2.52. The molecule has 0 aliphatic rings. The van der Waals surface area contributed by atoms with Gasteiger partial charge in [0, 0.05) is 17.6 Å². The number of benzene rings is 1. The molecule has 1 N–H and O–H groups in total. The maximum absolute atomic E-state index is 12.2. The van der Waals surface area contributed by atoms with Gasteiger partial charge in [-0.15, -0.1) is 11.6 Å². The van der Waals surface area contributed by atoms with Gasteiger partial charge in [-0.05, 0) is 30.9 Å². The predicted octanol–water partition coefficient (Wildman–Crippen LogP) is 4.84. The number of carbonyl (C=O) groups excluding carboxylic acids is 1. The molecule has 0 heterocycles. The quantitative estimate of drug-likeness (QED) is 0.447. The van der Waals surface area contributed by atoms with Crippen molar-refractivity contribution >= 4 is 39.1 Å². The molecule has 0 aromatic heterocycles. The molecule has 1 unspecified atom stereocenters. The Morgan fingerprint density at radius 2 is 2.04 bits per heavy atom. The lowest BCUT2D eigenvalue weighted by Gasteiger charge is -2.15. The van der Waals surface area contributed by atoms with Gasteiger partial charge in [-0.3, -0.25) is 4.79 Å². The molecular formula is C17H25BrClNO3. The Labute approximate surface area is 152 Å². The lowest BCUT2D eigenvalue weighted by molar-refractivity contribution is -0.115. The molecular weight excluding hydrogens is 382 g/mol. The Kier molecular flexibility index (Phi) is 9.41. The van der Waals surface area contributed by atoms with Crippen molar-refractivity contribution in [1.82, 2.24) is 0 Å². The molecule has 0 saturated heterocycles. The van der Waals surface area contributed by atoms with E-state index in [-0.39, 0.29) is 10.7 Å². The smallest absolute Gasteiger partial charge is 0.238 e. The lowest BCUT2D eigenvalue weighted by Crippen LogP contribution is -2.22. The van der Waals surface area contributed by atoms with Gasteiger partial charge in [0.2, 0.25) is 5.91 Å². The van der Waals surface area contributed by atoms with E-state index < -0.39 is 0 Å². The Bertz CT molecular complexity index is 497. The minimum atomic E-state index is -0.229. The molecule has 130 valence electrons. The number of hydrogen-bond acceptors (Lipinski definition) is 3. The first-order valence-electron chi connectivity index (χ1n) is 7.79. The summed E-state index contributed by atoms with van der Waals surface area (Å²) >= 11 is 9.07. The number of alkyl halides is 2. The van der Waals surface area contributed by atoms with Crippen molar-refractivity contribution in [3.05, 3.63) is 18.2 Å². The van der Waals surface area contributed by atoms with Crippen molar-refractivity contribution in [2.24, 2.45) is 5.92 Å². The summed E-state index contributed by atoms with van der Waals surface area (Å²) in [6.07, 6.45) is 2.58. The highest BCUT2D eigenvalue weighted by atomic mass is 79.9. The zero-order valence-corrected chi connectivity index (χ0v) is 16.2. The number of hydrogen-bond donors (Lipinski definition) is 1. The minimum absolute atomic E-state index is 0.0699. The van der Waals surface area contributed by atoms with Crippen molar-refractivity contribution < 1.29 is 14.3 Å². The van der Waals surface area contributed by atoms with Crippen LogP contribution in [0, 0.1) is 5.92 Å². The molecule has 0 fully saturated rings. The monoisotopic (exact) mass is 405 g/mol. The zero-order valence-electron chi connectivity index (χ0n) is 13.9. The van der Waals surface area contributed by atoms with E-state index in [1.54, 1.807) is 25.3 Å². The van der Waals surface area contributed by atoms with Crippen LogP contribution in [0.5, 0.6) is 11.5 Å². The van der Waals surface area contributed by atoms with Crippen molar-refractivity contribution in [1.29, 1.82) is 0 Å². The van der Waals surface area contributed by atoms with E-state index in [0.717, 1.165) is 19.3 Å². The average molecular weight is 407 g/mol. The van der Waals surface area contributed by atoms with Crippen LogP contribution in [-0.4, -0.2) is 30.3 Å². The molecule has 0 saturated carbocycles. The van der Waals surface area contributed by atoms with Crippen LogP contribution in [0.1, 0.15) is 33.1 Å². The third-order valence-electron chi connectivity index (χ3n) is 3.13. The molecule has 0 spiro atoms. The largest absolute Gasteiger partial charge is 0.493 e. The molecule has 23 heavy (non-hydrogen) atoms. The summed E-state index contributed by atoms with van der Waals surface area (Å²) in [6.45, 7) is 4.75. The molecule has 0 radical (unpaired) electrons. The van der Waals surface area contributed by atoms with Crippen LogP contribution in [0.4, 0.5) is 5.69 Å². The van der Waals surface area contributed by atoms with Gasteiger partial charge >= 0.3 is 0 Å². The van der Waals surface area contributed by atoms with Gasteiger partial charge in [0.1, 0.15) is 0 Å². The molecule has 0 aliphatic carbocycles. The summed E-state index contributed by atoms with van der Waals surface area (Å²) in [7, 11) is 1.60. The minimum Gasteiger partial charge on any atom is -0.493 e. The maximum atomic E-state index is 12.2. The normalized spacial score (nSPS) is 12.1. The number of methoxy groups -OCH3 is 1. The first-order valence-corrected chi connectivity index (χ1v) is 9.24. The summed E-state index contributed by atoms with van der Waals surface area (Å²) < 4.78 is 11.0. The van der Waals surface area contributed by atoms with Crippen LogP contribution in [0.3, 0.4) is 0 Å². The first-order chi connectivity index (χ1) is 11.0. The second-order valence-electron chi connectivity index (χ2n) is 5.71. The Balaban J connectivity index is 2.68. The van der Waals surface area contributed by atoms with Crippen LogP contribution >= 0.6 is 27.5 Å². The first kappa shape index (κ1) is 20.1. The van der Waals surface area contributed by atoms with Crippen molar-refractivity contribution in [2.75, 3.05) is 24.9 Å². The molecule has 1 aromatic rings. The Morgan fingerprint density at radius 1 is 1.30 bits per heavy atom. The number of anilines is 1. The van der Waals surface area contributed by atoms with Gasteiger partial charge < -0.3 is 14.8 Å². The standard InChI is InChI=1S/C17H25BrClNO3/c1-12(2)11-23-16-10-13(7-8-15(16)22-3)20-17(21)14(18)6-4-5-9-19/h7-8,10,12,14H,4-6,9,11H2,1-3H3,(H,20,21).